The number of rotatable bonds is 0. The molecule has 0 N–H and O–H groups in total. The fraction of sp³-hybridized carbons (Fsp3) is 0.0556. The van der Waals surface area contributed by atoms with Crippen molar-refractivity contribution in [2.24, 2.45) is 0 Å². The molecule has 0 atom stereocenters. The van der Waals surface area contributed by atoms with Crippen LogP contribution in [-0.2, 0) is 5.75 Å². The van der Waals surface area contributed by atoms with Crippen molar-refractivity contribution in [1.82, 2.24) is 0 Å². The molecular formula is C18H10F2OS. The van der Waals surface area contributed by atoms with E-state index < -0.39 is 11.6 Å². The van der Waals surface area contributed by atoms with Crippen LogP contribution in [0.15, 0.2) is 53.4 Å². The van der Waals surface area contributed by atoms with Gasteiger partial charge in [-0.15, -0.1) is 11.8 Å². The fourth-order valence-corrected chi connectivity index (χ4v) is 4.04. The highest BCUT2D eigenvalue weighted by Gasteiger charge is 2.26. The summed E-state index contributed by atoms with van der Waals surface area (Å²) in [6.45, 7) is 0. The Balaban J connectivity index is 2.00. The Morgan fingerprint density at radius 2 is 1.68 bits per heavy atom. The summed E-state index contributed by atoms with van der Waals surface area (Å²) in [4.78, 5) is 13.6. The second-order valence-corrected chi connectivity index (χ2v) is 6.15. The molecule has 0 aliphatic carbocycles. The lowest BCUT2D eigenvalue weighted by molar-refractivity contribution is 0.103. The van der Waals surface area contributed by atoms with Crippen molar-refractivity contribution in [2.75, 3.05) is 0 Å². The molecule has 0 saturated carbocycles. The van der Waals surface area contributed by atoms with Crippen LogP contribution in [0.25, 0.3) is 10.8 Å². The van der Waals surface area contributed by atoms with Gasteiger partial charge in [0.05, 0.1) is 0 Å². The first-order valence-electron chi connectivity index (χ1n) is 6.83. The number of thioether (sulfide) groups is 1. The number of halogens is 2. The lowest BCUT2D eigenvalue weighted by Gasteiger charge is -2.08. The van der Waals surface area contributed by atoms with Gasteiger partial charge in [-0.2, -0.15) is 0 Å². The minimum absolute atomic E-state index is 0.148. The average Bonchev–Trinajstić information content (AvgIpc) is 2.69. The van der Waals surface area contributed by atoms with Crippen LogP contribution in [0.5, 0.6) is 0 Å². The highest BCUT2D eigenvalue weighted by Crippen LogP contribution is 2.39. The van der Waals surface area contributed by atoms with E-state index in [4.69, 9.17) is 0 Å². The predicted octanol–water partition coefficient (Wildman–Crippen LogP) is 4.95. The highest BCUT2D eigenvalue weighted by molar-refractivity contribution is 7.98. The van der Waals surface area contributed by atoms with Crippen LogP contribution in [-0.4, -0.2) is 5.78 Å². The number of carbonyl (C=O) groups excluding carboxylic acids is 1. The minimum atomic E-state index is -0.921. The summed E-state index contributed by atoms with van der Waals surface area (Å²) < 4.78 is 27.5. The molecule has 1 aliphatic rings. The SMILES string of the molecule is O=C1c2ccc(F)c(F)c2CSc2c1ccc1ccccc21. The van der Waals surface area contributed by atoms with E-state index in [1.54, 1.807) is 6.07 Å². The van der Waals surface area contributed by atoms with E-state index in [0.29, 0.717) is 5.56 Å². The lowest BCUT2D eigenvalue weighted by Crippen LogP contribution is -2.06. The summed E-state index contributed by atoms with van der Waals surface area (Å²) in [7, 11) is 0. The Morgan fingerprint density at radius 1 is 0.909 bits per heavy atom. The van der Waals surface area contributed by atoms with Crippen LogP contribution in [0, 0.1) is 11.6 Å². The second-order valence-electron chi connectivity index (χ2n) is 5.17. The van der Waals surface area contributed by atoms with Gasteiger partial charge in [0.2, 0.25) is 0 Å². The summed E-state index contributed by atoms with van der Waals surface area (Å²) in [5.74, 6) is -1.84. The summed E-state index contributed by atoms with van der Waals surface area (Å²) in [5, 5.41) is 1.99. The van der Waals surface area contributed by atoms with E-state index in [2.05, 4.69) is 0 Å². The molecule has 22 heavy (non-hydrogen) atoms. The molecule has 108 valence electrons. The van der Waals surface area contributed by atoms with E-state index in [9.17, 15) is 13.6 Å². The van der Waals surface area contributed by atoms with Crippen LogP contribution in [0.2, 0.25) is 0 Å². The van der Waals surface area contributed by atoms with E-state index >= 15 is 0 Å². The molecule has 3 aromatic carbocycles. The first-order valence-corrected chi connectivity index (χ1v) is 7.81. The van der Waals surface area contributed by atoms with Crippen LogP contribution in [0.1, 0.15) is 21.5 Å². The number of carbonyl (C=O) groups is 1. The van der Waals surface area contributed by atoms with Crippen LogP contribution >= 0.6 is 11.8 Å². The summed E-state index contributed by atoms with van der Waals surface area (Å²) >= 11 is 1.38. The molecule has 0 spiro atoms. The van der Waals surface area contributed by atoms with Crippen LogP contribution in [0.4, 0.5) is 8.78 Å². The first kappa shape index (κ1) is 13.5. The number of benzene rings is 3. The van der Waals surface area contributed by atoms with E-state index in [1.807, 2.05) is 30.3 Å². The predicted molar refractivity (Wildman–Crippen MR) is 83.3 cm³/mol. The maximum Gasteiger partial charge on any atom is 0.194 e. The Bertz CT molecular complexity index is 934. The molecule has 4 rings (SSSR count). The van der Waals surface area contributed by atoms with Crippen molar-refractivity contribution in [2.45, 2.75) is 10.6 Å². The van der Waals surface area contributed by atoms with Gasteiger partial charge in [-0.25, -0.2) is 8.78 Å². The summed E-state index contributed by atoms with van der Waals surface area (Å²) in [6.07, 6.45) is 0. The second kappa shape index (κ2) is 4.92. The van der Waals surface area contributed by atoms with E-state index in [1.165, 1.54) is 17.8 Å². The van der Waals surface area contributed by atoms with Crippen LogP contribution in [0.3, 0.4) is 0 Å². The number of fused-ring (bicyclic) bond motifs is 4. The minimum Gasteiger partial charge on any atom is -0.289 e. The molecule has 1 aliphatic heterocycles. The fourth-order valence-electron chi connectivity index (χ4n) is 2.81. The van der Waals surface area contributed by atoms with Crippen molar-refractivity contribution in [3.63, 3.8) is 0 Å². The quantitative estimate of drug-likeness (QED) is 0.584. The van der Waals surface area contributed by atoms with Gasteiger partial charge in [0.1, 0.15) is 0 Å². The molecule has 0 amide bonds. The largest absolute Gasteiger partial charge is 0.289 e. The molecular weight excluding hydrogens is 302 g/mol. The topological polar surface area (TPSA) is 17.1 Å². The zero-order chi connectivity index (χ0) is 15.3. The number of ketones is 1. The lowest BCUT2D eigenvalue weighted by atomic mass is 9.96. The third-order valence-corrected chi connectivity index (χ3v) is 5.09. The number of hydrogen-bond donors (Lipinski definition) is 0. The Kier molecular flexibility index (Phi) is 3.01. The highest BCUT2D eigenvalue weighted by atomic mass is 32.2. The monoisotopic (exact) mass is 312 g/mol. The first-order chi connectivity index (χ1) is 10.7. The van der Waals surface area contributed by atoms with E-state index in [0.717, 1.165) is 21.7 Å². The van der Waals surface area contributed by atoms with Crippen LogP contribution < -0.4 is 0 Å². The normalized spacial score (nSPS) is 13.6. The third kappa shape index (κ3) is 1.87. The zero-order valence-electron chi connectivity index (χ0n) is 11.4. The van der Waals surface area contributed by atoms with Gasteiger partial charge in [-0.05, 0) is 29.0 Å². The van der Waals surface area contributed by atoms with Gasteiger partial charge in [0, 0.05) is 27.3 Å². The van der Waals surface area contributed by atoms with Crippen molar-refractivity contribution in [1.29, 1.82) is 0 Å². The Morgan fingerprint density at radius 3 is 2.55 bits per heavy atom. The maximum atomic E-state index is 14.0. The molecule has 0 unspecified atom stereocenters. The molecule has 0 radical (unpaired) electrons. The molecule has 1 heterocycles. The molecule has 0 fully saturated rings. The van der Waals surface area contributed by atoms with Crippen molar-refractivity contribution in [3.05, 3.63) is 76.9 Å². The summed E-state index contributed by atoms with van der Waals surface area (Å²) in [5.41, 5.74) is 0.948. The zero-order valence-corrected chi connectivity index (χ0v) is 12.2. The molecule has 0 saturated heterocycles. The molecule has 0 bridgehead atoms. The van der Waals surface area contributed by atoms with Gasteiger partial charge in [0.25, 0.3) is 0 Å². The third-order valence-electron chi connectivity index (χ3n) is 3.93. The van der Waals surface area contributed by atoms with Crippen molar-refractivity contribution < 1.29 is 13.6 Å². The summed E-state index contributed by atoms with van der Waals surface area (Å²) in [6, 6.07) is 13.8. The van der Waals surface area contributed by atoms with E-state index in [-0.39, 0.29) is 22.7 Å². The Labute approximate surface area is 130 Å². The van der Waals surface area contributed by atoms with Crippen molar-refractivity contribution in [3.8, 4) is 0 Å². The average molecular weight is 312 g/mol. The molecule has 3 aromatic rings. The maximum absolute atomic E-state index is 14.0. The smallest absolute Gasteiger partial charge is 0.194 e. The Hall–Kier alpha value is -2.20. The van der Waals surface area contributed by atoms with Gasteiger partial charge in [-0.3, -0.25) is 4.79 Å². The van der Waals surface area contributed by atoms with Gasteiger partial charge >= 0.3 is 0 Å². The van der Waals surface area contributed by atoms with Gasteiger partial charge in [-0.1, -0.05) is 30.3 Å². The molecule has 0 aromatic heterocycles. The van der Waals surface area contributed by atoms with Crippen molar-refractivity contribution >= 4 is 28.3 Å². The molecule has 4 heteroatoms. The van der Waals surface area contributed by atoms with Gasteiger partial charge < -0.3 is 0 Å². The number of hydrogen-bond acceptors (Lipinski definition) is 2. The van der Waals surface area contributed by atoms with Gasteiger partial charge in [0.15, 0.2) is 17.4 Å². The molecule has 1 nitrogen and oxygen atoms in total. The standard InChI is InChI=1S/C18H10F2OS/c19-15-8-7-12-14(16(15)20)9-22-18-11-4-2-1-3-10(11)5-6-13(18)17(12)21/h1-8H,9H2.